The second-order valence-electron chi connectivity index (χ2n) is 4.96. The Kier molecular flexibility index (Phi) is 6.55. The molecule has 0 aliphatic carbocycles. The van der Waals surface area contributed by atoms with Gasteiger partial charge in [-0.1, -0.05) is 0 Å². The summed E-state index contributed by atoms with van der Waals surface area (Å²) >= 11 is 0. The van der Waals surface area contributed by atoms with E-state index in [1.807, 2.05) is 7.05 Å². The molecule has 114 valence electrons. The van der Waals surface area contributed by atoms with Gasteiger partial charge in [0.2, 0.25) is 0 Å². The van der Waals surface area contributed by atoms with E-state index in [0.29, 0.717) is 23.7 Å². The first-order valence-electron chi connectivity index (χ1n) is 6.75. The number of nitrogens with one attached hydrogen (secondary N) is 1. The van der Waals surface area contributed by atoms with E-state index in [1.54, 1.807) is 6.07 Å². The van der Waals surface area contributed by atoms with Gasteiger partial charge in [-0.05, 0) is 33.0 Å². The zero-order valence-electron chi connectivity index (χ0n) is 12.5. The molecule has 1 aromatic rings. The van der Waals surface area contributed by atoms with Crippen LogP contribution in [0.2, 0.25) is 0 Å². The van der Waals surface area contributed by atoms with Crippen LogP contribution in [0.4, 0.5) is 0 Å². The van der Waals surface area contributed by atoms with E-state index in [2.05, 4.69) is 29.0 Å². The number of carbonyl (C=O) groups excluding carboxylic acids is 1. The lowest BCUT2D eigenvalue weighted by molar-refractivity contribution is -0.131. The highest BCUT2D eigenvalue weighted by Crippen LogP contribution is 2.09. The Balaban J connectivity index is 2.68. The standard InChI is InChI=1S/C15H21N3O3/c1-11(2)18(3)9-8-17-15(21)13-6-7-16-10-12(13)4-5-14(19)20/h4-7,10-11H,8-9H2,1-3H3,(H,17,21)(H,19,20). The maximum absolute atomic E-state index is 12.1. The average molecular weight is 291 g/mol. The molecule has 0 radical (unpaired) electrons. The lowest BCUT2D eigenvalue weighted by atomic mass is 10.1. The molecule has 0 saturated carbocycles. The van der Waals surface area contributed by atoms with Gasteiger partial charge in [0.25, 0.3) is 5.91 Å². The van der Waals surface area contributed by atoms with Crippen LogP contribution in [0, 0.1) is 0 Å². The normalized spacial score (nSPS) is 11.3. The monoisotopic (exact) mass is 291 g/mol. The molecule has 6 nitrogen and oxygen atoms in total. The van der Waals surface area contributed by atoms with Crippen molar-refractivity contribution in [1.29, 1.82) is 0 Å². The fraction of sp³-hybridized carbons (Fsp3) is 0.400. The van der Waals surface area contributed by atoms with Crippen molar-refractivity contribution in [2.75, 3.05) is 20.1 Å². The summed E-state index contributed by atoms with van der Waals surface area (Å²) < 4.78 is 0. The molecule has 0 saturated heterocycles. The van der Waals surface area contributed by atoms with E-state index in [9.17, 15) is 9.59 Å². The summed E-state index contributed by atoms with van der Waals surface area (Å²) in [7, 11) is 1.99. The maximum Gasteiger partial charge on any atom is 0.328 e. The van der Waals surface area contributed by atoms with Gasteiger partial charge in [-0.2, -0.15) is 0 Å². The minimum absolute atomic E-state index is 0.236. The van der Waals surface area contributed by atoms with E-state index in [-0.39, 0.29) is 5.91 Å². The Morgan fingerprint density at radius 3 is 2.81 bits per heavy atom. The Morgan fingerprint density at radius 1 is 1.48 bits per heavy atom. The number of aromatic nitrogens is 1. The van der Waals surface area contributed by atoms with Crippen LogP contribution in [-0.2, 0) is 4.79 Å². The van der Waals surface area contributed by atoms with Crippen molar-refractivity contribution in [3.8, 4) is 0 Å². The fourth-order valence-corrected chi connectivity index (χ4v) is 1.61. The van der Waals surface area contributed by atoms with Crippen LogP contribution >= 0.6 is 0 Å². The molecule has 0 fully saturated rings. The lowest BCUT2D eigenvalue weighted by Gasteiger charge is -2.20. The first-order chi connectivity index (χ1) is 9.91. The molecule has 1 rings (SSSR count). The number of amides is 1. The molecule has 1 amide bonds. The highest BCUT2D eigenvalue weighted by atomic mass is 16.4. The van der Waals surface area contributed by atoms with Gasteiger partial charge in [0.15, 0.2) is 0 Å². The summed E-state index contributed by atoms with van der Waals surface area (Å²) in [6, 6.07) is 1.99. The summed E-state index contributed by atoms with van der Waals surface area (Å²) in [5.74, 6) is -1.30. The number of carbonyl (C=O) groups is 2. The van der Waals surface area contributed by atoms with Crippen molar-refractivity contribution in [2.24, 2.45) is 0 Å². The average Bonchev–Trinajstić information content (AvgIpc) is 2.44. The Morgan fingerprint density at radius 2 is 2.19 bits per heavy atom. The van der Waals surface area contributed by atoms with Crippen LogP contribution in [0.5, 0.6) is 0 Å². The third kappa shape index (κ3) is 5.74. The third-order valence-corrected chi connectivity index (χ3v) is 3.13. The van der Waals surface area contributed by atoms with Gasteiger partial charge < -0.3 is 15.3 Å². The SMILES string of the molecule is CC(C)N(C)CCNC(=O)c1ccncc1C=CC(=O)O. The van der Waals surface area contributed by atoms with E-state index in [0.717, 1.165) is 12.6 Å². The fourth-order valence-electron chi connectivity index (χ4n) is 1.61. The van der Waals surface area contributed by atoms with Crippen LogP contribution in [0.15, 0.2) is 24.5 Å². The van der Waals surface area contributed by atoms with Gasteiger partial charge >= 0.3 is 5.97 Å². The van der Waals surface area contributed by atoms with Crippen molar-refractivity contribution in [2.45, 2.75) is 19.9 Å². The summed E-state index contributed by atoms with van der Waals surface area (Å²) in [6.45, 7) is 5.44. The highest BCUT2D eigenvalue weighted by Gasteiger charge is 2.10. The van der Waals surface area contributed by atoms with Crippen LogP contribution in [-0.4, -0.2) is 53.0 Å². The van der Waals surface area contributed by atoms with E-state index < -0.39 is 5.97 Å². The predicted molar refractivity (Wildman–Crippen MR) is 81.0 cm³/mol. The number of rotatable bonds is 7. The largest absolute Gasteiger partial charge is 0.478 e. The van der Waals surface area contributed by atoms with Crippen LogP contribution in [0.3, 0.4) is 0 Å². The minimum Gasteiger partial charge on any atom is -0.478 e. The van der Waals surface area contributed by atoms with Crippen molar-refractivity contribution < 1.29 is 14.7 Å². The number of nitrogens with zero attached hydrogens (tertiary/aromatic N) is 2. The molecule has 0 atom stereocenters. The summed E-state index contributed by atoms with van der Waals surface area (Å²) in [5, 5.41) is 11.5. The summed E-state index contributed by atoms with van der Waals surface area (Å²) in [6.07, 6.45) is 5.33. The molecule has 0 aliphatic rings. The van der Waals surface area contributed by atoms with Gasteiger partial charge in [-0.15, -0.1) is 0 Å². The third-order valence-electron chi connectivity index (χ3n) is 3.13. The Labute approximate surface area is 124 Å². The number of hydrogen-bond donors (Lipinski definition) is 2. The smallest absolute Gasteiger partial charge is 0.328 e. The Bertz CT molecular complexity index is 527. The van der Waals surface area contributed by atoms with Gasteiger partial charge in [-0.3, -0.25) is 9.78 Å². The second kappa shape index (κ2) is 8.16. The second-order valence-corrected chi connectivity index (χ2v) is 4.96. The number of hydrogen-bond acceptors (Lipinski definition) is 4. The zero-order chi connectivity index (χ0) is 15.8. The molecule has 21 heavy (non-hydrogen) atoms. The molecular formula is C15H21N3O3. The predicted octanol–water partition coefficient (Wildman–Crippen LogP) is 1.25. The number of pyridine rings is 1. The molecule has 0 unspecified atom stereocenters. The summed E-state index contributed by atoms with van der Waals surface area (Å²) in [5.41, 5.74) is 0.893. The molecule has 6 heteroatoms. The zero-order valence-corrected chi connectivity index (χ0v) is 12.5. The molecule has 0 spiro atoms. The molecule has 0 aromatic carbocycles. The van der Waals surface area contributed by atoms with Crippen LogP contribution < -0.4 is 5.32 Å². The molecule has 0 aliphatic heterocycles. The van der Waals surface area contributed by atoms with Crippen molar-refractivity contribution in [3.63, 3.8) is 0 Å². The minimum atomic E-state index is -1.07. The molecule has 1 heterocycles. The molecule has 0 bridgehead atoms. The number of likely N-dealkylation sites (N-methyl/N-ethyl adjacent to an activating group) is 1. The van der Waals surface area contributed by atoms with Crippen molar-refractivity contribution in [1.82, 2.24) is 15.2 Å². The quantitative estimate of drug-likeness (QED) is 0.739. The lowest BCUT2D eigenvalue weighted by Crippen LogP contribution is -2.36. The number of aliphatic carboxylic acids is 1. The molecule has 2 N–H and O–H groups in total. The van der Waals surface area contributed by atoms with Crippen molar-refractivity contribution >= 4 is 18.0 Å². The first kappa shape index (κ1) is 16.8. The number of carboxylic acid groups (broad SMARTS) is 1. The van der Waals surface area contributed by atoms with Crippen LogP contribution in [0.1, 0.15) is 29.8 Å². The van der Waals surface area contributed by atoms with E-state index in [4.69, 9.17) is 5.11 Å². The summed E-state index contributed by atoms with van der Waals surface area (Å²) in [4.78, 5) is 28.7. The van der Waals surface area contributed by atoms with E-state index in [1.165, 1.54) is 18.5 Å². The molecular weight excluding hydrogens is 270 g/mol. The van der Waals surface area contributed by atoms with Gasteiger partial charge in [0.05, 0.1) is 0 Å². The number of carboxylic acids is 1. The van der Waals surface area contributed by atoms with Gasteiger partial charge in [0, 0.05) is 48.7 Å². The van der Waals surface area contributed by atoms with Gasteiger partial charge in [0.1, 0.15) is 0 Å². The van der Waals surface area contributed by atoms with E-state index >= 15 is 0 Å². The van der Waals surface area contributed by atoms with Gasteiger partial charge in [-0.25, -0.2) is 4.79 Å². The van der Waals surface area contributed by atoms with Crippen LogP contribution in [0.25, 0.3) is 6.08 Å². The molecule has 1 aromatic heterocycles. The first-order valence-corrected chi connectivity index (χ1v) is 6.75. The maximum atomic E-state index is 12.1. The Hall–Kier alpha value is -2.21. The highest BCUT2D eigenvalue weighted by molar-refractivity contribution is 5.98. The topological polar surface area (TPSA) is 82.5 Å². The van der Waals surface area contributed by atoms with Crippen molar-refractivity contribution in [3.05, 3.63) is 35.7 Å².